The van der Waals surface area contributed by atoms with Crippen molar-refractivity contribution in [3.63, 3.8) is 0 Å². The maximum absolute atomic E-state index is 13.4. The van der Waals surface area contributed by atoms with Crippen molar-refractivity contribution in [2.24, 2.45) is 0 Å². The molecule has 0 spiro atoms. The Hall–Kier alpha value is -3.46. The molecule has 0 saturated carbocycles. The van der Waals surface area contributed by atoms with Crippen LogP contribution in [-0.2, 0) is 6.54 Å². The maximum atomic E-state index is 13.4. The van der Waals surface area contributed by atoms with E-state index in [-0.39, 0.29) is 11.5 Å². The molecule has 0 fully saturated rings. The van der Waals surface area contributed by atoms with Gasteiger partial charge in [-0.15, -0.1) is 0 Å². The molecule has 1 heterocycles. The van der Waals surface area contributed by atoms with Crippen molar-refractivity contribution in [2.75, 3.05) is 5.32 Å². The van der Waals surface area contributed by atoms with E-state index in [1.165, 1.54) is 12.1 Å². The molecule has 0 aliphatic rings. The Bertz CT molecular complexity index is 1020. The number of rotatable bonds is 4. The largest absolute Gasteiger partial charge is 0.322 e. The first kappa shape index (κ1) is 17.4. The van der Waals surface area contributed by atoms with Crippen LogP contribution in [0.3, 0.4) is 0 Å². The van der Waals surface area contributed by atoms with Gasteiger partial charge in [0.2, 0.25) is 0 Å². The number of nitriles is 1. The second kappa shape index (κ2) is 7.19. The van der Waals surface area contributed by atoms with Gasteiger partial charge in [-0.1, -0.05) is 12.1 Å². The van der Waals surface area contributed by atoms with Gasteiger partial charge in [0, 0.05) is 16.9 Å². The van der Waals surface area contributed by atoms with Crippen molar-refractivity contribution in [2.45, 2.75) is 20.4 Å². The lowest BCUT2D eigenvalue weighted by Gasteiger charge is -2.09. The molecule has 6 heteroatoms. The fraction of sp³-hybridized carbons (Fsp3) is 0.150. The second-order valence-corrected chi connectivity index (χ2v) is 6.05. The second-order valence-electron chi connectivity index (χ2n) is 6.05. The predicted molar refractivity (Wildman–Crippen MR) is 96.3 cm³/mol. The van der Waals surface area contributed by atoms with Crippen LogP contribution in [0.15, 0.2) is 48.5 Å². The first-order chi connectivity index (χ1) is 12.5. The summed E-state index contributed by atoms with van der Waals surface area (Å²) >= 11 is 0. The monoisotopic (exact) mass is 348 g/mol. The fourth-order valence-electron chi connectivity index (χ4n) is 2.71. The number of benzene rings is 2. The summed E-state index contributed by atoms with van der Waals surface area (Å²) < 4.78 is 15.3. The number of aryl methyl sites for hydroxylation is 2. The molecule has 1 aromatic heterocycles. The van der Waals surface area contributed by atoms with E-state index in [4.69, 9.17) is 5.26 Å². The number of carbonyl (C=O) groups is 1. The van der Waals surface area contributed by atoms with E-state index in [9.17, 15) is 9.18 Å². The fourth-order valence-corrected chi connectivity index (χ4v) is 2.71. The number of hydrogen-bond acceptors (Lipinski definition) is 3. The Morgan fingerprint density at radius 2 is 2.04 bits per heavy atom. The van der Waals surface area contributed by atoms with Crippen molar-refractivity contribution >= 4 is 11.6 Å². The molecule has 0 unspecified atom stereocenters. The normalized spacial score (nSPS) is 10.4. The highest BCUT2D eigenvalue weighted by Crippen LogP contribution is 2.16. The van der Waals surface area contributed by atoms with Gasteiger partial charge in [-0.05, 0) is 55.8 Å². The standard InChI is InChI=1S/C20H17FN4O/c1-13-8-14(2)25(24-13)12-15-4-3-5-16(9-15)20(26)23-18-6-7-19(21)17(10-18)11-22/h3-10H,12H2,1-2H3,(H,23,26). The van der Waals surface area contributed by atoms with E-state index in [2.05, 4.69) is 10.4 Å². The Morgan fingerprint density at radius 3 is 2.73 bits per heavy atom. The molecule has 3 rings (SSSR count). The number of nitrogens with zero attached hydrogens (tertiary/aromatic N) is 3. The van der Waals surface area contributed by atoms with Crippen molar-refractivity contribution in [1.82, 2.24) is 9.78 Å². The lowest BCUT2D eigenvalue weighted by Crippen LogP contribution is -2.13. The van der Waals surface area contributed by atoms with Crippen LogP contribution in [0.1, 0.15) is 32.9 Å². The Morgan fingerprint density at radius 1 is 1.23 bits per heavy atom. The number of aromatic nitrogens is 2. The average Bonchev–Trinajstić information content (AvgIpc) is 2.94. The van der Waals surface area contributed by atoms with Gasteiger partial charge in [0.05, 0.1) is 17.8 Å². The van der Waals surface area contributed by atoms with Crippen molar-refractivity contribution in [1.29, 1.82) is 5.26 Å². The van der Waals surface area contributed by atoms with E-state index < -0.39 is 5.82 Å². The molecule has 2 aromatic carbocycles. The SMILES string of the molecule is Cc1cc(C)n(Cc2cccc(C(=O)Nc3ccc(F)c(C#N)c3)c2)n1. The summed E-state index contributed by atoms with van der Waals surface area (Å²) in [7, 11) is 0. The number of hydrogen-bond donors (Lipinski definition) is 1. The summed E-state index contributed by atoms with van der Waals surface area (Å²) in [5, 5.41) is 16.0. The van der Waals surface area contributed by atoms with Crippen LogP contribution >= 0.6 is 0 Å². The topological polar surface area (TPSA) is 70.7 Å². The summed E-state index contributed by atoms with van der Waals surface area (Å²) in [5.41, 5.74) is 3.68. The van der Waals surface area contributed by atoms with E-state index >= 15 is 0 Å². The highest BCUT2D eigenvalue weighted by Gasteiger charge is 2.10. The maximum Gasteiger partial charge on any atom is 0.255 e. The number of carbonyl (C=O) groups excluding carboxylic acids is 1. The van der Waals surface area contributed by atoms with Gasteiger partial charge >= 0.3 is 0 Å². The minimum absolute atomic E-state index is 0.110. The Balaban J connectivity index is 1.78. The van der Waals surface area contributed by atoms with E-state index in [1.54, 1.807) is 24.3 Å². The van der Waals surface area contributed by atoms with Crippen LogP contribution in [0.2, 0.25) is 0 Å². The average molecular weight is 348 g/mol. The van der Waals surface area contributed by atoms with Crippen LogP contribution in [-0.4, -0.2) is 15.7 Å². The summed E-state index contributed by atoms with van der Waals surface area (Å²) in [6.45, 7) is 4.49. The van der Waals surface area contributed by atoms with Crippen LogP contribution in [0.5, 0.6) is 0 Å². The number of nitrogens with one attached hydrogen (secondary N) is 1. The third kappa shape index (κ3) is 3.78. The van der Waals surface area contributed by atoms with Gasteiger partial charge in [0.1, 0.15) is 11.9 Å². The molecule has 26 heavy (non-hydrogen) atoms. The van der Waals surface area contributed by atoms with Gasteiger partial charge in [0.15, 0.2) is 0 Å². The molecule has 1 N–H and O–H groups in total. The third-order valence-electron chi connectivity index (χ3n) is 3.97. The summed E-state index contributed by atoms with van der Waals surface area (Å²) in [5.74, 6) is -0.937. The molecule has 0 atom stereocenters. The molecular formula is C20H17FN4O. The highest BCUT2D eigenvalue weighted by atomic mass is 19.1. The Labute approximate surface area is 150 Å². The quantitative estimate of drug-likeness (QED) is 0.779. The lowest BCUT2D eigenvalue weighted by atomic mass is 10.1. The minimum atomic E-state index is -0.614. The smallest absolute Gasteiger partial charge is 0.255 e. The zero-order valence-corrected chi connectivity index (χ0v) is 14.5. The zero-order valence-electron chi connectivity index (χ0n) is 14.5. The number of halogens is 1. The van der Waals surface area contributed by atoms with Gasteiger partial charge in [0.25, 0.3) is 5.91 Å². The Kier molecular flexibility index (Phi) is 4.81. The first-order valence-electron chi connectivity index (χ1n) is 8.07. The first-order valence-corrected chi connectivity index (χ1v) is 8.07. The van der Waals surface area contributed by atoms with Crippen LogP contribution < -0.4 is 5.32 Å². The summed E-state index contributed by atoms with van der Waals surface area (Å²) in [6, 6.07) is 14.9. The van der Waals surface area contributed by atoms with E-state index in [0.717, 1.165) is 23.0 Å². The molecule has 0 aliphatic carbocycles. The van der Waals surface area contributed by atoms with Crippen molar-refractivity contribution < 1.29 is 9.18 Å². The molecule has 5 nitrogen and oxygen atoms in total. The van der Waals surface area contributed by atoms with E-state index in [1.807, 2.05) is 30.7 Å². The molecular weight excluding hydrogens is 331 g/mol. The van der Waals surface area contributed by atoms with Gasteiger partial charge in [-0.3, -0.25) is 9.48 Å². The van der Waals surface area contributed by atoms with Gasteiger partial charge < -0.3 is 5.32 Å². The highest BCUT2D eigenvalue weighted by molar-refractivity contribution is 6.04. The molecule has 0 radical (unpaired) electrons. The molecule has 1 amide bonds. The van der Waals surface area contributed by atoms with Crippen molar-refractivity contribution in [3.8, 4) is 6.07 Å². The molecule has 3 aromatic rings. The molecule has 0 aliphatic heterocycles. The third-order valence-corrected chi connectivity index (χ3v) is 3.97. The van der Waals surface area contributed by atoms with Crippen LogP contribution in [0.25, 0.3) is 0 Å². The predicted octanol–water partition coefficient (Wildman–Crippen LogP) is 3.81. The van der Waals surface area contributed by atoms with E-state index in [0.29, 0.717) is 17.8 Å². The zero-order chi connectivity index (χ0) is 18.7. The summed E-state index contributed by atoms with van der Waals surface area (Å²) in [4.78, 5) is 12.5. The summed E-state index contributed by atoms with van der Waals surface area (Å²) in [6.07, 6.45) is 0. The van der Waals surface area contributed by atoms with Crippen molar-refractivity contribution in [3.05, 3.63) is 82.4 Å². The van der Waals surface area contributed by atoms with Crippen LogP contribution in [0.4, 0.5) is 10.1 Å². The number of anilines is 1. The number of amides is 1. The molecule has 0 bridgehead atoms. The molecule has 130 valence electrons. The lowest BCUT2D eigenvalue weighted by molar-refractivity contribution is 0.102. The van der Waals surface area contributed by atoms with Gasteiger partial charge in [-0.2, -0.15) is 10.4 Å². The van der Waals surface area contributed by atoms with Crippen LogP contribution in [0, 0.1) is 31.0 Å². The van der Waals surface area contributed by atoms with Gasteiger partial charge in [-0.25, -0.2) is 4.39 Å². The molecule has 0 saturated heterocycles. The minimum Gasteiger partial charge on any atom is -0.322 e.